The van der Waals surface area contributed by atoms with Crippen LogP contribution in [0.3, 0.4) is 0 Å². The van der Waals surface area contributed by atoms with Gasteiger partial charge < -0.3 is 4.48 Å². The summed E-state index contributed by atoms with van der Waals surface area (Å²) in [5, 5.41) is -0.622. The number of quaternary nitrogens is 1. The van der Waals surface area contributed by atoms with E-state index in [-0.39, 0.29) is 0 Å². The van der Waals surface area contributed by atoms with E-state index in [1.54, 1.807) is 0 Å². The fourth-order valence-electron chi connectivity index (χ4n) is 3.81. The molecule has 0 aliphatic heterocycles. The molecule has 0 aliphatic rings. The minimum atomic E-state index is -2.43. The van der Waals surface area contributed by atoms with Crippen LogP contribution in [0.2, 0.25) is 0 Å². The lowest BCUT2D eigenvalue weighted by atomic mass is 10.0. The van der Waals surface area contributed by atoms with Crippen molar-refractivity contribution in [3.8, 4) is 0 Å². The molecule has 1 unspecified atom stereocenters. The second kappa shape index (κ2) is 16.2. The van der Waals surface area contributed by atoms with E-state index in [0.717, 1.165) is 32.1 Å². The first-order valence-corrected chi connectivity index (χ1v) is 12.8. The van der Waals surface area contributed by atoms with Crippen LogP contribution in [-0.2, 0) is 9.13 Å². The van der Waals surface area contributed by atoms with Crippen molar-refractivity contribution in [1.82, 2.24) is 0 Å². The fourth-order valence-corrected chi connectivity index (χ4v) is 4.90. The van der Waals surface area contributed by atoms with Crippen LogP contribution in [0.1, 0.15) is 104 Å². The van der Waals surface area contributed by atoms with Gasteiger partial charge >= 0.3 is 7.68 Å². The van der Waals surface area contributed by atoms with Gasteiger partial charge in [0.2, 0.25) is 5.28 Å². The molecule has 0 radical (unpaired) electrons. The van der Waals surface area contributed by atoms with Gasteiger partial charge in [-0.05, 0) is 57.8 Å². The van der Waals surface area contributed by atoms with E-state index < -0.39 is 13.0 Å². The van der Waals surface area contributed by atoms with Crippen molar-refractivity contribution in [2.75, 3.05) is 21.1 Å². The highest BCUT2D eigenvalue weighted by Crippen LogP contribution is 2.42. The van der Waals surface area contributed by atoms with Gasteiger partial charge in [-0.3, -0.25) is 0 Å². The summed E-state index contributed by atoms with van der Waals surface area (Å²) in [6.45, 7) is 4.25. The number of hydrogen-bond donors (Lipinski definition) is 0. The van der Waals surface area contributed by atoms with Crippen LogP contribution < -0.4 is 0 Å². The van der Waals surface area contributed by atoms with E-state index in [1.165, 1.54) is 51.4 Å². The highest BCUT2D eigenvalue weighted by molar-refractivity contribution is 7.32. The monoisotopic (exact) mass is 412 g/mol. The maximum atomic E-state index is 11.9. The number of allylic oxidation sites excluding steroid dienone is 4. The molecular formula is C24H47NO2P+. The minimum Gasteiger partial charge on any atom is -0.314 e. The molecule has 164 valence electrons. The van der Waals surface area contributed by atoms with Gasteiger partial charge in [-0.2, -0.15) is 0 Å². The predicted octanol–water partition coefficient (Wildman–Crippen LogP) is 8.18. The molecule has 28 heavy (non-hydrogen) atoms. The van der Waals surface area contributed by atoms with Gasteiger partial charge in [-0.1, -0.05) is 57.4 Å². The maximum absolute atomic E-state index is 11.9. The number of nitrogens with zero attached hydrogens (tertiary/aromatic N) is 1. The summed E-state index contributed by atoms with van der Waals surface area (Å²) in [5.74, 6) is 0. The highest BCUT2D eigenvalue weighted by Gasteiger charge is 2.46. The van der Waals surface area contributed by atoms with Crippen LogP contribution in [0.5, 0.6) is 0 Å². The summed E-state index contributed by atoms with van der Waals surface area (Å²) in [7, 11) is 3.56. The van der Waals surface area contributed by atoms with Crippen molar-refractivity contribution in [2.45, 2.75) is 109 Å². The minimum absolute atomic E-state index is 0.491. The zero-order valence-corrected chi connectivity index (χ0v) is 20.3. The van der Waals surface area contributed by atoms with Crippen LogP contribution in [0, 0.1) is 0 Å². The van der Waals surface area contributed by atoms with Gasteiger partial charge in [0.1, 0.15) is 0 Å². The third-order valence-electron chi connectivity index (χ3n) is 5.90. The van der Waals surface area contributed by atoms with E-state index in [4.69, 9.17) is 0 Å². The molecule has 0 heterocycles. The van der Waals surface area contributed by atoms with Gasteiger partial charge in [0.05, 0.1) is 21.1 Å². The summed E-state index contributed by atoms with van der Waals surface area (Å²) >= 11 is 0. The SMILES string of the molecule is CCCCCCC=CCCCCC=CCCCCC(CC)(P(=O)=O)[N+](C)(C)C. The molecule has 0 bridgehead atoms. The van der Waals surface area contributed by atoms with Crippen molar-refractivity contribution in [3.63, 3.8) is 0 Å². The molecule has 0 saturated heterocycles. The topological polar surface area (TPSA) is 34.1 Å². The Morgan fingerprint density at radius 1 is 0.679 bits per heavy atom. The van der Waals surface area contributed by atoms with E-state index >= 15 is 0 Å². The Balaban J connectivity index is 3.79. The Morgan fingerprint density at radius 2 is 1.11 bits per heavy atom. The van der Waals surface area contributed by atoms with Crippen molar-refractivity contribution in [3.05, 3.63) is 24.3 Å². The second-order valence-corrected chi connectivity index (χ2v) is 10.3. The third kappa shape index (κ3) is 11.4. The Kier molecular flexibility index (Phi) is 15.8. The molecule has 0 aromatic rings. The van der Waals surface area contributed by atoms with Crippen LogP contribution >= 0.6 is 7.68 Å². The molecule has 0 spiro atoms. The Morgan fingerprint density at radius 3 is 1.46 bits per heavy atom. The zero-order valence-electron chi connectivity index (χ0n) is 19.4. The van der Waals surface area contributed by atoms with Crippen molar-refractivity contribution in [1.29, 1.82) is 0 Å². The molecule has 0 aliphatic carbocycles. The molecule has 1 atom stereocenters. The first-order valence-electron chi connectivity index (χ1n) is 11.6. The van der Waals surface area contributed by atoms with Crippen LogP contribution in [-0.4, -0.2) is 30.9 Å². The molecule has 0 amide bonds. The predicted molar refractivity (Wildman–Crippen MR) is 123 cm³/mol. The Labute approximate surface area is 176 Å². The summed E-state index contributed by atoms with van der Waals surface area (Å²) in [6, 6.07) is 0. The van der Waals surface area contributed by atoms with E-state index in [2.05, 4.69) is 31.2 Å². The van der Waals surface area contributed by atoms with Crippen molar-refractivity contribution in [2.24, 2.45) is 0 Å². The summed E-state index contributed by atoms with van der Waals surface area (Å²) < 4.78 is 24.3. The highest BCUT2D eigenvalue weighted by atomic mass is 31.1. The lowest BCUT2D eigenvalue weighted by Crippen LogP contribution is -2.53. The first kappa shape index (κ1) is 27.3. The quantitative estimate of drug-likeness (QED) is 0.0984. The molecule has 0 N–H and O–H groups in total. The smallest absolute Gasteiger partial charge is 0.314 e. The first-order chi connectivity index (χ1) is 13.3. The largest absolute Gasteiger partial charge is 0.378 e. The molecule has 0 saturated carbocycles. The van der Waals surface area contributed by atoms with Crippen molar-refractivity contribution >= 4 is 7.68 Å². The second-order valence-electron chi connectivity index (χ2n) is 8.93. The Bertz CT molecular complexity index is 495. The average Bonchev–Trinajstić information content (AvgIpc) is 2.63. The zero-order chi connectivity index (χ0) is 21.3. The molecule has 0 aromatic carbocycles. The van der Waals surface area contributed by atoms with E-state index in [9.17, 15) is 9.13 Å². The van der Waals surface area contributed by atoms with Crippen LogP contribution in [0.4, 0.5) is 0 Å². The normalized spacial score (nSPS) is 14.8. The molecule has 3 nitrogen and oxygen atoms in total. The van der Waals surface area contributed by atoms with E-state index in [0.29, 0.717) is 10.9 Å². The van der Waals surface area contributed by atoms with Gasteiger partial charge in [-0.25, -0.2) is 9.13 Å². The van der Waals surface area contributed by atoms with Crippen LogP contribution in [0.25, 0.3) is 0 Å². The summed E-state index contributed by atoms with van der Waals surface area (Å²) in [4.78, 5) is 0. The number of unbranched alkanes of at least 4 members (excludes halogenated alkanes) is 9. The number of rotatable bonds is 18. The molecule has 0 aromatic heterocycles. The lowest BCUT2D eigenvalue weighted by molar-refractivity contribution is -0.908. The molecule has 4 heteroatoms. The van der Waals surface area contributed by atoms with Gasteiger partial charge in [0.15, 0.2) is 0 Å². The standard InChI is InChI=1S/C24H47NO2P/c1-6-8-9-10-11-12-13-14-15-16-17-18-19-20-21-22-23-24(7-2,28(26)27)25(3,4)5/h12-13,18-19H,6-11,14-17,20-23H2,1-5H3/q+1. The Hall–Kier alpha value is -0.660. The number of hydrogen-bond acceptors (Lipinski definition) is 2. The average molecular weight is 413 g/mol. The van der Waals surface area contributed by atoms with Gasteiger partial charge in [-0.15, -0.1) is 0 Å². The van der Waals surface area contributed by atoms with Gasteiger partial charge in [0.25, 0.3) is 0 Å². The molecule has 0 rings (SSSR count). The lowest BCUT2D eigenvalue weighted by Gasteiger charge is -2.40. The molecular weight excluding hydrogens is 365 g/mol. The van der Waals surface area contributed by atoms with Gasteiger partial charge in [0, 0.05) is 12.8 Å². The van der Waals surface area contributed by atoms with Crippen molar-refractivity contribution < 1.29 is 13.6 Å². The van der Waals surface area contributed by atoms with Crippen LogP contribution in [0.15, 0.2) is 24.3 Å². The third-order valence-corrected chi connectivity index (χ3v) is 7.72. The summed E-state index contributed by atoms with van der Waals surface area (Å²) in [6.07, 6.45) is 25.4. The summed E-state index contributed by atoms with van der Waals surface area (Å²) in [5.41, 5.74) is 0. The maximum Gasteiger partial charge on any atom is 0.378 e. The fraction of sp³-hybridized carbons (Fsp3) is 0.833. The molecule has 0 fully saturated rings. The van der Waals surface area contributed by atoms with E-state index in [1.807, 2.05) is 28.1 Å².